The molecule has 2 heterocycles. The fourth-order valence-electron chi connectivity index (χ4n) is 2.56. The number of nitrogens with one attached hydrogen (secondary N) is 1. The van der Waals surface area contributed by atoms with E-state index in [1.165, 1.54) is 12.8 Å². The van der Waals surface area contributed by atoms with E-state index in [1.807, 2.05) is 0 Å². The predicted octanol–water partition coefficient (Wildman–Crippen LogP) is -0.182. The third-order valence-electron chi connectivity index (χ3n) is 3.61. The summed E-state index contributed by atoms with van der Waals surface area (Å²) in [6.07, 6.45) is 5.43. The number of nitrogens with zero attached hydrogens (tertiary/aromatic N) is 3. The first-order chi connectivity index (χ1) is 8.70. The Balaban J connectivity index is 1.46. The lowest BCUT2D eigenvalue weighted by Crippen LogP contribution is -2.39. The molecule has 3 N–H and O–H groups in total. The van der Waals surface area contributed by atoms with Crippen LogP contribution in [0.1, 0.15) is 19.3 Å². The molecular formula is C12H19N5O. The maximum Gasteiger partial charge on any atom is 0.241 e. The standard InChI is InChI=1S/C12H19N5O/c13-11-4-6-17(15-11)8-12(18)14-9-3-5-16(7-9)10-1-2-10/h4,6,9-10H,1-3,5,7-8H2,(H2,13,15)(H,14,18). The zero-order valence-corrected chi connectivity index (χ0v) is 10.4. The van der Waals surface area contributed by atoms with Gasteiger partial charge in [0.15, 0.2) is 0 Å². The van der Waals surface area contributed by atoms with Gasteiger partial charge in [-0.3, -0.25) is 14.4 Å². The number of aromatic nitrogens is 2. The number of nitrogens with two attached hydrogens (primary N) is 1. The quantitative estimate of drug-likeness (QED) is 0.776. The largest absolute Gasteiger partial charge is 0.382 e. The van der Waals surface area contributed by atoms with Gasteiger partial charge in [-0.2, -0.15) is 5.10 Å². The SMILES string of the molecule is Nc1ccn(CC(=O)NC2CCN(C3CC3)C2)n1. The molecule has 1 aromatic rings. The van der Waals surface area contributed by atoms with Crippen molar-refractivity contribution in [1.82, 2.24) is 20.0 Å². The van der Waals surface area contributed by atoms with Gasteiger partial charge in [-0.1, -0.05) is 0 Å². The zero-order chi connectivity index (χ0) is 12.5. The molecule has 1 amide bonds. The van der Waals surface area contributed by atoms with Crippen LogP contribution in [0.2, 0.25) is 0 Å². The number of carbonyl (C=O) groups excluding carboxylic acids is 1. The highest BCUT2D eigenvalue weighted by molar-refractivity contribution is 5.76. The summed E-state index contributed by atoms with van der Waals surface area (Å²) in [4.78, 5) is 14.3. The Morgan fingerprint density at radius 1 is 1.50 bits per heavy atom. The average Bonchev–Trinajstić information content (AvgIpc) is 2.95. The summed E-state index contributed by atoms with van der Waals surface area (Å²) in [6.45, 7) is 2.36. The number of amides is 1. The second-order valence-corrected chi connectivity index (χ2v) is 5.22. The van der Waals surface area contributed by atoms with Crippen LogP contribution in [0.3, 0.4) is 0 Å². The molecule has 6 nitrogen and oxygen atoms in total. The molecule has 6 heteroatoms. The number of hydrogen-bond acceptors (Lipinski definition) is 4. The molecule has 1 aliphatic heterocycles. The van der Waals surface area contributed by atoms with E-state index in [0.717, 1.165) is 25.6 Å². The van der Waals surface area contributed by atoms with E-state index in [-0.39, 0.29) is 12.5 Å². The van der Waals surface area contributed by atoms with Crippen molar-refractivity contribution in [2.75, 3.05) is 18.8 Å². The molecule has 1 saturated heterocycles. The van der Waals surface area contributed by atoms with E-state index in [9.17, 15) is 4.79 Å². The highest BCUT2D eigenvalue weighted by Gasteiger charge is 2.34. The minimum atomic E-state index is 0.0146. The smallest absolute Gasteiger partial charge is 0.241 e. The number of anilines is 1. The summed E-state index contributed by atoms with van der Waals surface area (Å²) in [5, 5.41) is 7.07. The number of carbonyl (C=O) groups is 1. The van der Waals surface area contributed by atoms with Crippen molar-refractivity contribution in [3.63, 3.8) is 0 Å². The van der Waals surface area contributed by atoms with Crippen molar-refractivity contribution >= 4 is 11.7 Å². The van der Waals surface area contributed by atoms with Crippen LogP contribution in [-0.4, -0.2) is 45.8 Å². The van der Waals surface area contributed by atoms with Crippen LogP contribution in [-0.2, 0) is 11.3 Å². The van der Waals surface area contributed by atoms with Crippen LogP contribution in [0.25, 0.3) is 0 Å². The molecule has 1 unspecified atom stereocenters. The average molecular weight is 249 g/mol. The Kier molecular flexibility index (Phi) is 2.95. The minimum Gasteiger partial charge on any atom is -0.382 e. The summed E-state index contributed by atoms with van der Waals surface area (Å²) >= 11 is 0. The van der Waals surface area contributed by atoms with Gasteiger partial charge < -0.3 is 11.1 Å². The van der Waals surface area contributed by atoms with Gasteiger partial charge >= 0.3 is 0 Å². The van der Waals surface area contributed by atoms with Gasteiger partial charge in [0.2, 0.25) is 5.91 Å². The molecule has 0 aromatic carbocycles. The summed E-state index contributed by atoms with van der Waals surface area (Å²) in [5.74, 6) is 0.462. The van der Waals surface area contributed by atoms with Crippen molar-refractivity contribution in [2.45, 2.75) is 37.9 Å². The second-order valence-electron chi connectivity index (χ2n) is 5.22. The molecule has 1 atom stereocenters. The van der Waals surface area contributed by atoms with Gasteiger partial charge in [0.05, 0.1) is 0 Å². The first-order valence-corrected chi connectivity index (χ1v) is 6.53. The normalized spacial score (nSPS) is 24.3. The van der Waals surface area contributed by atoms with Crippen LogP contribution in [0.15, 0.2) is 12.3 Å². The van der Waals surface area contributed by atoms with Crippen molar-refractivity contribution in [3.8, 4) is 0 Å². The van der Waals surface area contributed by atoms with Crippen molar-refractivity contribution in [3.05, 3.63) is 12.3 Å². The second kappa shape index (κ2) is 4.61. The molecule has 0 spiro atoms. The van der Waals surface area contributed by atoms with Crippen molar-refractivity contribution < 1.29 is 4.79 Å². The first kappa shape index (κ1) is 11.5. The Bertz CT molecular complexity index is 439. The molecule has 0 radical (unpaired) electrons. The molecule has 1 aliphatic carbocycles. The third-order valence-corrected chi connectivity index (χ3v) is 3.61. The molecule has 1 saturated carbocycles. The van der Waals surface area contributed by atoms with Crippen LogP contribution in [0.5, 0.6) is 0 Å². The summed E-state index contributed by atoms with van der Waals surface area (Å²) < 4.78 is 1.57. The third kappa shape index (κ3) is 2.64. The monoisotopic (exact) mass is 249 g/mol. The first-order valence-electron chi connectivity index (χ1n) is 6.53. The highest BCUT2D eigenvalue weighted by Crippen LogP contribution is 2.29. The van der Waals surface area contributed by atoms with E-state index >= 15 is 0 Å². The van der Waals surface area contributed by atoms with Crippen molar-refractivity contribution in [2.24, 2.45) is 0 Å². The molecule has 2 fully saturated rings. The lowest BCUT2D eigenvalue weighted by atomic mass is 10.2. The molecule has 98 valence electrons. The van der Waals surface area contributed by atoms with E-state index in [4.69, 9.17) is 5.73 Å². The summed E-state index contributed by atoms with van der Waals surface area (Å²) in [5.41, 5.74) is 5.51. The van der Waals surface area contributed by atoms with Gasteiger partial charge in [0.1, 0.15) is 12.4 Å². The topological polar surface area (TPSA) is 76.2 Å². The molecule has 18 heavy (non-hydrogen) atoms. The molecule has 3 rings (SSSR count). The van der Waals surface area contributed by atoms with Crippen molar-refractivity contribution in [1.29, 1.82) is 0 Å². The van der Waals surface area contributed by atoms with Gasteiger partial charge in [-0.15, -0.1) is 0 Å². The molecule has 0 bridgehead atoms. The van der Waals surface area contributed by atoms with Crippen LogP contribution in [0.4, 0.5) is 5.82 Å². The maximum atomic E-state index is 11.8. The number of nitrogen functional groups attached to an aromatic ring is 1. The Morgan fingerprint density at radius 3 is 3.00 bits per heavy atom. The van der Waals surface area contributed by atoms with Gasteiger partial charge in [-0.05, 0) is 25.3 Å². The van der Waals surface area contributed by atoms with Crippen LogP contribution >= 0.6 is 0 Å². The van der Waals surface area contributed by atoms with E-state index in [1.54, 1.807) is 16.9 Å². The van der Waals surface area contributed by atoms with Crippen LogP contribution in [0, 0.1) is 0 Å². The number of rotatable bonds is 4. The predicted molar refractivity (Wildman–Crippen MR) is 67.8 cm³/mol. The molecular weight excluding hydrogens is 230 g/mol. The van der Waals surface area contributed by atoms with Gasteiger partial charge in [0, 0.05) is 31.4 Å². The maximum absolute atomic E-state index is 11.8. The molecule has 2 aliphatic rings. The van der Waals surface area contributed by atoms with E-state index < -0.39 is 0 Å². The Morgan fingerprint density at radius 2 is 2.33 bits per heavy atom. The van der Waals surface area contributed by atoms with E-state index in [0.29, 0.717) is 11.9 Å². The lowest BCUT2D eigenvalue weighted by Gasteiger charge is -2.15. The summed E-state index contributed by atoms with van der Waals surface area (Å²) in [6, 6.07) is 2.78. The number of likely N-dealkylation sites (tertiary alicyclic amines) is 1. The lowest BCUT2D eigenvalue weighted by molar-refractivity contribution is -0.122. The van der Waals surface area contributed by atoms with Gasteiger partial charge in [0.25, 0.3) is 0 Å². The van der Waals surface area contributed by atoms with Gasteiger partial charge in [-0.25, -0.2) is 0 Å². The molecule has 1 aromatic heterocycles. The van der Waals surface area contributed by atoms with Crippen LogP contribution < -0.4 is 11.1 Å². The highest BCUT2D eigenvalue weighted by atomic mass is 16.2. The zero-order valence-electron chi connectivity index (χ0n) is 10.4. The van der Waals surface area contributed by atoms with E-state index in [2.05, 4.69) is 15.3 Å². The fraction of sp³-hybridized carbons (Fsp3) is 0.667. The Hall–Kier alpha value is -1.56. The Labute approximate surface area is 106 Å². The number of hydrogen-bond donors (Lipinski definition) is 2. The fourth-order valence-corrected chi connectivity index (χ4v) is 2.56. The minimum absolute atomic E-state index is 0.0146. The summed E-state index contributed by atoms with van der Waals surface area (Å²) in [7, 11) is 0.